The molecule has 0 radical (unpaired) electrons. The second-order valence-electron chi connectivity index (χ2n) is 6.21. The summed E-state index contributed by atoms with van der Waals surface area (Å²) < 4.78 is 40.2. The minimum atomic E-state index is -3.64. The van der Waals surface area contributed by atoms with Gasteiger partial charge in [-0.05, 0) is 57.0 Å². The Morgan fingerprint density at radius 1 is 1.25 bits per heavy atom. The minimum Gasteiger partial charge on any atom is -0.481 e. The zero-order chi connectivity index (χ0) is 17.7. The molecule has 0 unspecified atom stereocenters. The molecule has 0 heterocycles. The Bertz CT molecular complexity index is 655. The minimum absolute atomic E-state index is 0.0598. The number of halogens is 1. The van der Waals surface area contributed by atoms with Crippen LogP contribution in [0.25, 0.3) is 0 Å². The lowest BCUT2D eigenvalue weighted by Gasteiger charge is -2.34. The second kappa shape index (κ2) is 8.04. The number of carboxylic acids is 1. The predicted molar refractivity (Wildman–Crippen MR) is 87.6 cm³/mol. The molecule has 2 rings (SSSR count). The maximum Gasteiger partial charge on any atom is 0.304 e. The van der Waals surface area contributed by atoms with Crippen LogP contribution in [0.4, 0.5) is 4.39 Å². The van der Waals surface area contributed by atoms with Crippen molar-refractivity contribution in [2.45, 2.75) is 49.1 Å². The van der Waals surface area contributed by atoms with Crippen molar-refractivity contribution in [1.82, 2.24) is 9.62 Å². The van der Waals surface area contributed by atoms with Crippen molar-refractivity contribution >= 4 is 16.0 Å². The lowest BCUT2D eigenvalue weighted by Crippen LogP contribution is -2.43. The summed E-state index contributed by atoms with van der Waals surface area (Å²) in [7, 11) is -1.74. The first kappa shape index (κ1) is 18.8. The van der Waals surface area contributed by atoms with E-state index in [0.717, 1.165) is 25.0 Å². The summed E-state index contributed by atoms with van der Waals surface area (Å²) in [6, 6.07) is 4.89. The van der Waals surface area contributed by atoms with Crippen LogP contribution < -0.4 is 4.72 Å². The number of aliphatic carboxylic acids is 1. The van der Waals surface area contributed by atoms with Crippen molar-refractivity contribution in [1.29, 1.82) is 0 Å². The third kappa shape index (κ3) is 5.25. The maximum atomic E-state index is 12.9. The zero-order valence-electron chi connectivity index (χ0n) is 13.6. The molecule has 8 heteroatoms. The van der Waals surface area contributed by atoms with Gasteiger partial charge >= 0.3 is 5.97 Å². The Morgan fingerprint density at radius 3 is 2.38 bits per heavy atom. The van der Waals surface area contributed by atoms with Crippen molar-refractivity contribution in [3.05, 3.63) is 30.1 Å². The first-order valence-corrected chi connectivity index (χ1v) is 9.46. The van der Waals surface area contributed by atoms with Gasteiger partial charge in [0.2, 0.25) is 10.0 Å². The Morgan fingerprint density at radius 2 is 1.83 bits per heavy atom. The van der Waals surface area contributed by atoms with Gasteiger partial charge in [-0.25, -0.2) is 17.5 Å². The highest BCUT2D eigenvalue weighted by molar-refractivity contribution is 7.89. The fourth-order valence-electron chi connectivity index (χ4n) is 2.99. The van der Waals surface area contributed by atoms with Gasteiger partial charge in [0.15, 0.2) is 0 Å². The molecule has 1 aliphatic carbocycles. The van der Waals surface area contributed by atoms with E-state index in [4.69, 9.17) is 5.11 Å². The molecule has 0 aromatic heterocycles. The Labute approximate surface area is 141 Å². The largest absolute Gasteiger partial charge is 0.481 e. The second-order valence-corrected chi connectivity index (χ2v) is 7.92. The van der Waals surface area contributed by atoms with Gasteiger partial charge in [-0.1, -0.05) is 0 Å². The number of sulfonamides is 1. The SMILES string of the molecule is CN(CCC(=O)O)C1CCC(NS(=O)(=O)c2ccc(F)cc2)CC1. The van der Waals surface area contributed by atoms with Gasteiger partial charge in [-0.15, -0.1) is 0 Å². The Hall–Kier alpha value is -1.51. The fraction of sp³-hybridized carbons (Fsp3) is 0.562. The molecule has 134 valence electrons. The summed E-state index contributed by atoms with van der Waals surface area (Å²) in [5, 5.41) is 8.73. The monoisotopic (exact) mass is 358 g/mol. The molecule has 2 N–H and O–H groups in total. The molecule has 1 aromatic rings. The van der Waals surface area contributed by atoms with E-state index in [2.05, 4.69) is 4.72 Å². The molecule has 0 atom stereocenters. The van der Waals surface area contributed by atoms with E-state index in [9.17, 15) is 17.6 Å². The van der Waals surface area contributed by atoms with Crippen LogP contribution in [-0.4, -0.2) is 50.1 Å². The smallest absolute Gasteiger partial charge is 0.304 e. The van der Waals surface area contributed by atoms with Crippen LogP contribution in [0.15, 0.2) is 29.2 Å². The average Bonchev–Trinajstić information content (AvgIpc) is 2.53. The third-order valence-electron chi connectivity index (χ3n) is 4.44. The summed E-state index contributed by atoms with van der Waals surface area (Å²) in [5.74, 6) is -1.29. The van der Waals surface area contributed by atoms with E-state index in [1.165, 1.54) is 12.1 Å². The van der Waals surface area contributed by atoms with E-state index in [0.29, 0.717) is 19.4 Å². The molecular formula is C16H23FN2O4S. The quantitative estimate of drug-likeness (QED) is 0.776. The van der Waals surface area contributed by atoms with E-state index in [-0.39, 0.29) is 23.4 Å². The highest BCUT2D eigenvalue weighted by Crippen LogP contribution is 2.24. The van der Waals surface area contributed by atoms with Crippen molar-refractivity contribution < 1.29 is 22.7 Å². The topological polar surface area (TPSA) is 86.7 Å². The Kier molecular flexibility index (Phi) is 6.31. The molecule has 6 nitrogen and oxygen atoms in total. The highest BCUT2D eigenvalue weighted by atomic mass is 32.2. The van der Waals surface area contributed by atoms with Gasteiger partial charge in [0, 0.05) is 18.6 Å². The summed E-state index contributed by atoms with van der Waals surface area (Å²) >= 11 is 0. The molecule has 1 fully saturated rings. The molecule has 1 aromatic carbocycles. The first-order chi connectivity index (χ1) is 11.3. The maximum absolute atomic E-state index is 12.9. The number of carbonyl (C=O) groups is 1. The molecule has 0 spiro atoms. The molecule has 0 amide bonds. The van der Waals surface area contributed by atoms with E-state index in [1.54, 1.807) is 0 Å². The van der Waals surface area contributed by atoms with Gasteiger partial charge in [-0.2, -0.15) is 0 Å². The van der Waals surface area contributed by atoms with Crippen LogP contribution in [0.5, 0.6) is 0 Å². The van der Waals surface area contributed by atoms with Crippen LogP contribution in [0, 0.1) is 5.82 Å². The van der Waals surface area contributed by atoms with Gasteiger partial charge in [-0.3, -0.25) is 4.79 Å². The van der Waals surface area contributed by atoms with Crippen molar-refractivity contribution in [3.63, 3.8) is 0 Å². The molecule has 1 aliphatic rings. The first-order valence-electron chi connectivity index (χ1n) is 7.98. The van der Waals surface area contributed by atoms with E-state index < -0.39 is 21.8 Å². The summed E-state index contributed by atoms with van der Waals surface area (Å²) in [4.78, 5) is 12.7. The van der Waals surface area contributed by atoms with Crippen molar-refractivity contribution in [2.24, 2.45) is 0 Å². The van der Waals surface area contributed by atoms with Crippen LogP contribution >= 0.6 is 0 Å². The van der Waals surface area contributed by atoms with Crippen LogP contribution in [0.3, 0.4) is 0 Å². The van der Waals surface area contributed by atoms with Crippen LogP contribution in [-0.2, 0) is 14.8 Å². The molecule has 0 aliphatic heterocycles. The zero-order valence-corrected chi connectivity index (χ0v) is 14.4. The van der Waals surface area contributed by atoms with Crippen molar-refractivity contribution in [2.75, 3.05) is 13.6 Å². The van der Waals surface area contributed by atoms with Gasteiger partial charge in [0.1, 0.15) is 5.82 Å². The lowest BCUT2D eigenvalue weighted by atomic mass is 9.91. The van der Waals surface area contributed by atoms with Gasteiger partial charge < -0.3 is 10.0 Å². The molecular weight excluding hydrogens is 335 g/mol. The summed E-state index contributed by atoms with van der Waals surface area (Å²) in [6.45, 7) is 0.492. The normalized spacial score (nSPS) is 21.8. The summed E-state index contributed by atoms with van der Waals surface area (Å²) in [6.07, 6.45) is 3.12. The van der Waals surface area contributed by atoms with Crippen LogP contribution in [0.1, 0.15) is 32.1 Å². The predicted octanol–water partition coefficient (Wildman–Crippen LogP) is 1.82. The van der Waals surface area contributed by atoms with Crippen molar-refractivity contribution in [3.8, 4) is 0 Å². The Balaban J connectivity index is 1.86. The summed E-state index contributed by atoms with van der Waals surface area (Å²) in [5.41, 5.74) is 0. The molecule has 24 heavy (non-hydrogen) atoms. The molecule has 0 bridgehead atoms. The standard InChI is InChI=1S/C16H23FN2O4S/c1-19(11-10-16(20)21)14-6-4-13(5-7-14)18-24(22,23)15-8-2-12(17)3-9-15/h2-3,8-9,13-14,18H,4-7,10-11H2,1H3,(H,20,21). The van der Waals surface area contributed by atoms with E-state index in [1.807, 2.05) is 11.9 Å². The number of hydrogen-bond acceptors (Lipinski definition) is 4. The lowest BCUT2D eigenvalue weighted by molar-refractivity contribution is -0.137. The molecule has 0 saturated heterocycles. The fourth-order valence-corrected chi connectivity index (χ4v) is 4.30. The number of nitrogens with zero attached hydrogens (tertiary/aromatic N) is 1. The van der Waals surface area contributed by atoms with E-state index >= 15 is 0 Å². The van der Waals surface area contributed by atoms with Crippen LogP contribution in [0.2, 0.25) is 0 Å². The number of hydrogen-bond donors (Lipinski definition) is 2. The van der Waals surface area contributed by atoms with Gasteiger partial charge in [0.05, 0.1) is 11.3 Å². The average molecular weight is 358 g/mol. The van der Waals surface area contributed by atoms with Gasteiger partial charge in [0.25, 0.3) is 0 Å². The molecule has 1 saturated carbocycles. The number of rotatable bonds is 7. The highest BCUT2D eigenvalue weighted by Gasteiger charge is 2.27. The third-order valence-corrected chi connectivity index (χ3v) is 5.98. The number of nitrogens with one attached hydrogen (secondary N) is 1. The number of carboxylic acid groups (broad SMARTS) is 1. The number of benzene rings is 1.